The second kappa shape index (κ2) is 5.27. The summed E-state index contributed by atoms with van der Waals surface area (Å²) in [6, 6.07) is -0.693. The molecule has 3 atom stereocenters. The molecule has 0 aliphatic carbocycles. The van der Waals surface area contributed by atoms with Crippen LogP contribution >= 0.6 is 11.8 Å². The highest BCUT2D eigenvalue weighted by molar-refractivity contribution is 8.00. The van der Waals surface area contributed by atoms with Gasteiger partial charge in [-0.1, -0.05) is 6.92 Å². The third kappa shape index (κ3) is 2.42. The number of thioether (sulfide) groups is 1. The quantitative estimate of drug-likeness (QED) is 0.816. The molecule has 2 unspecified atom stereocenters. The van der Waals surface area contributed by atoms with Crippen molar-refractivity contribution >= 4 is 23.6 Å². The number of aliphatic carboxylic acids is 1. The normalized spacial score (nSPS) is 33.0. The largest absolute Gasteiger partial charge is 0.480 e. The minimum atomic E-state index is -0.917. The van der Waals surface area contributed by atoms with Gasteiger partial charge in [-0.2, -0.15) is 0 Å². The first-order valence-corrected chi connectivity index (χ1v) is 6.98. The zero-order valence-corrected chi connectivity index (χ0v) is 10.6. The predicted molar refractivity (Wildman–Crippen MR) is 63.8 cm³/mol. The van der Waals surface area contributed by atoms with Crippen LogP contribution in [0.3, 0.4) is 0 Å². The van der Waals surface area contributed by atoms with Crippen molar-refractivity contribution in [2.75, 3.05) is 12.4 Å². The first kappa shape index (κ1) is 12.7. The Balaban J connectivity index is 2.12. The van der Waals surface area contributed by atoms with Crippen LogP contribution in [-0.2, 0) is 14.3 Å². The van der Waals surface area contributed by atoms with E-state index in [-0.39, 0.29) is 11.3 Å². The van der Waals surface area contributed by atoms with Gasteiger partial charge in [0.25, 0.3) is 5.91 Å². The smallest absolute Gasteiger partial charge is 0.327 e. The first-order chi connectivity index (χ1) is 8.15. The lowest BCUT2D eigenvalue weighted by Gasteiger charge is -2.28. The van der Waals surface area contributed by atoms with Crippen LogP contribution < -0.4 is 0 Å². The monoisotopic (exact) mass is 259 g/mol. The number of hydrogen-bond donors (Lipinski definition) is 1. The summed E-state index contributed by atoms with van der Waals surface area (Å²) >= 11 is 1.54. The highest BCUT2D eigenvalue weighted by atomic mass is 32.2. The molecule has 2 saturated heterocycles. The van der Waals surface area contributed by atoms with Gasteiger partial charge in [0.15, 0.2) is 0 Å². The molecule has 0 bridgehead atoms. The van der Waals surface area contributed by atoms with Gasteiger partial charge >= 0.3 is 5.97 Å². The summed E-state index contributed by atoms with van der Waals surface area (Å²) in [7, 11) is 0. The zero-order chi connectivity index (χ0) is 12.4. The molecule has 96 valence electrons. The van der Waals surface area contributed by atoms with Crippen LogP contribution in [0.4, 0.5) is 0 Å². The van der Waals surface area contributed by atoms with Gasteiger partial charge in [0, 0.05) is 12.4 Å². The molecule has 2 fully saturated rings. The van der Waals surface area contributed by atoms with Crippen molar-refractivity contribution in [3.8, 4) is 0 Å². The van der Waals surface area contributed by atoms with E-state index >= 15 is 0 Å². The lowest BCUT2D eigenvalue weighted by molar-refractivity contribution is -0.153. The topological polar surface area (TPSA) is 66.8 Å². The number of ether oxygens (including phenoxy) is 1. The molecule has 1 N–H and O–H groups in total. The minimum absolute atomic E-state index is 0.0206. The van der Waals surface area contributed by atoms with Crippen molar-refractivity contribution in [1.29, 1.82) is 0 Å². The maximum atomic E-state index is 12.3. The van der Waals surface area contributed by atoms with Crippen molar-refractivity contribution in [2.24, 2.45) is 0 Å². The van der Waals surface area contributed by atoms with Gasteiger partial charge in [-0.25, -0.2) is 4.79 Å². The molecule has 6 heteroatoms. The second-order valence-electron chi connectivity index (χ2n) is 4.30. The summed E-state index contributed by atoms with van der Waals surface area (Å²) in [4.78, 5) is 24.9. The van der Waals surface area contributed by atoms with E-state index in [0.29, 0.717) is 18.8 Å². The molecule has 0 saturated carbocycles. The van der Waals surface area contributed by atoms with Gasteiger partial charge in [-0.15, -0.1) is 11.8 Å². The summed E-state index contributed by atoms with van der Waals surface area (Å²) in [5.74, 6) is -0.585. The molecule has 0 aromatic carbocycles. The third-order valence-corrected chi connectivity index (χ3v) is 4.64. The first-order valence-electron chi connectivity index (χ1n) is 5.93. The fourth-order valence-corrected chi connectivity index (χ4v) is 3.66. The Morgan fingerprint density at radius 2 is 2.29 bits per heavy atom. The molecule has 2 heterocycles. The van der Waals surface area contributed by atoms with Gasteiger partial charge in [0.2, 0.25) is 0 Å². The molecule has 2 rings (SSSR count). The predicted octanol–water partition coefficient (Wildman–Crippen LogP) is 0.930. The van der Waals surface area contributed by atoms with Crippen LogP contribution in [0.5, 0.6) is 0 Å². The van der Waals surface area contributed by atoms with Gasteiger partial charge in [-0.05, 0) is 19.3 Å². The van der Waals surface area contributed by atoms with E-state index < -0.39 is 18.1 Å². The van der Waals surface area contributed by atoms with E-state index in [0.717, 1.165) is 12.8 Å². The number of amides is 1. The molecule has 0 aromatic heterocycles. The Hall–Kier alpha value is -0.750. The molecular formula is C11H17NO4S. The molecule has 0 spiro atoms. The number of carbonyl (C=O) groups excluding carboxylic acids is 1. The van der Waals surface area contributed by atoms with E-state index in [1.165, 1.54) is 4.90 Å². The van der Waals surface area contributed by atoms with E-state index in [2.05, 4.69) is 0 Å². The van der Waals surface area contributed by atoms with Gasteiger partial charge in [0.1, 0.15) is 12.1 Å². The Bertz CT molecular complexity index is 317. The Morgan fingerprint density at radius 3 is 2.82 bits per heavy atom. The molecule has 0 radical (unpaired) electrons. The highest BCUT2D eigenvalue weighted by Gasteiger charge is 2.43. The molecule has 1 amide bonds. The number of carboxylic acid groups (broad SMARTS) is 1. The zero-order valence-electron chi connectivity index (χ0n) is 9.80. The fourth-order valence-electron chi connectivity index (χ4n) is 2.30. The van der Waals surface area contributed by atoms with Crippen molar-refractivity contribution < 1.29 is 19.4 Å². The van der Waals surface area contributed by atoms with Crippen LogP contribution in [0.25, 0.3) is 0 Å². The van der Waals surface area contributed by atoms with Crippen molar-refractivity contribution in [1.82, 2.24) is 4.90 Å². The summed E-state index contributed by atoms with van der Waals surface area (Å²) in [5.41, 5.74) is 0. The number of carbonyl (C=O) groups is 2. The Labute approximate surface area is 104 Å². The highest BCUT2D eigenvalue weighted by Crippen LogP contribution is 2.33. The lowest BCUT2D eigenvalue weighted by atomic mass is 10.1. The average Bonchev–Trinajstić information content (AvgIpc) is 2.96. The number of nitrogens with zero attached hydrogens (tertiary/aromatic N) is 1. The number of rotatable bonds is 3. The Morgan fingerprint density at radius 1 is 1.53 bits per heavy atom. The minimum Gasteiger partial charge on any atom is -0.480 e. The Kier molecular flexibility index (Phi) is 3.93. The molecular weight excluding hydrogens is 242 g/mol. The molecule has 2 aliphatic heterocycles. The van der Waals surface area contributed by atoms with Crippen LogP contribution in [0.2, 0.25) is 0 Å². The standard InChI is InChI=1S/C11H17NO4S/c1-2-9-12(7(6-17-9)11(14)15)10(13)8-4-3-5-16-8/h7-9H,2-6H2,1H3,(H,14,15)/t7?,8-,9?/m0/s1. The van der Waals surface area contributed by atoms with Gasteiger partial charge in [-0.3, -0.25) is 4.79 Å². The van der Waals surface area contributed by atoms with E-state index in [9.17, 15) is 9.59 Å². The van der Waals surface area contributed by atoms with E-state index in [4.69, 9.17) is 9.84 Å². The molecule has 5 nitrogen and oxygen atoms in total. The average molecular weight is 259 g/mol. The fraction of sp³-hybridized carbons (Fsp3) is 0.818. The van der Waals surface area contributed by atoms with E-state index in [1.807, 2.05) is 6.92 Å². The van der Waals surface area contributed by atoms with Crippen molar-refractivity contribution in [3.63, 3.8) is 0 Å². The summed E-state index contributed by atoms with van der Waals surface area (Å²) in [6.07, 6.45) is 1.94. The van der Waals surface area contributed by atoms with Crippen molar-refractivity contribution in [2.45, 2.75) is 43.7 Å². The van der Waals surface area contributed by atoms with Gasteiger partial charge in [0.05, 0.1) is 5.37 Å². The summed E-state index contributed by atoms with van der Waals surface area (Å²) in [6.45, 7) is 2.57. The van der Waals surface area contributed by atoms with Gasteiger partial charge < -0.3 is 14.7 Å². The summed E-state index contributed by atoms with van der Waals surface area (Å²) in [5, 5.41) is 9.12. The van der Waals surface area contributed by atoms with Crippen LogP contribution in [0.1, 0.15) is 26.2 Å². The maximum Gasteiger partial charge on any atom is 0.327 e. The number of carboxylic acids is 1. The van der Waals surface area contributed by atoms with Crippen LogP contribution in [-0.4, -0.2) is 51.8 Å². The number of hydrogen-bond acceptors (Lipinski definition) is 4. The second-order valence-corrected chi connectivity index (χ2v) is 5.51. The van der Waals surface area contributed by atoms with Crippen LogP contribution in [0.15, 0.2) is 0 Å². The maximum absolute atomic E-state index is 12.3. The molecule has 17 heavy (non-hydrogen) atoms. The SMILES string of the molecule is CCC1SCC(C(=O)O)N1C(=O)[C@@H]1CCCO1. The van der Waals surface area contributed by atoms with Crippen LogP contribution in [0, 0.1) is 0 Å². The van der Waals surface area contributed by atoms with Crippen molar-refractivity contribution in [3.05, 3.63) is 0 Å². The third-order valence-electron chi connectivity index (χ3n) is 3.19. The summed E-state index contributed by atoms with van der Waals surface area (Å²) < 4.78 is 5.35. The molecule has 2 aliphatic rings. The van der Waals surface area contributed by atoms with E-state index in [1.54, 1.807) is 11.8 Å². The molecule has 0 aromatic rings. The lowest BCUT2D eigenvalue weighted by Crippen LogP contribution is -2.49.